The summed E-state index contributed by atoms with van der Waals surface area (Å²) in [6.45, 7) is 6.34. The van der Waals surface area contributed by atoms with E-state index in [1.54, 1.807) is 26.2 Å². The highest BCUT2D eigenvalue weighted by Crippen LogP contribution is 2.47. The number of phenolic OH excluding ortho intramolecular Hbond substituents is 1. The van der Waals surface area contributed by atoms with Gasteiger partial charge < -0.3 is 19.0 Å². The maximum absolute atomic E-state index is 13.1. The number of furan rings is 1. The first-order valence-electron chi connectivity index (χ1n) is 11.2. The Morgan fingerprint density at radius 2 is 1.85 bits per heavy atom. The van der Waals surface area contributed by atoms with Gasteiger partial charge in [-0.1, -0.05) is 24.3 Å². The molecular weight excluding hydrogens is 420 g/mol. The number of rotatable bonds is 5. The van der Waals surface area contributed by atoms with Crippen LogP contribution in [0.3, 0.4) is 0 Å². The minimum absolute atomic E-state index is 0.137. The third kappa shape index (κ3) is 3.63. The number of benzene rings is 2. The van der Waals surface area contributed by atoms with Crippen LogP contribution < -0.4 is 0 Å². The van der Waals surface area contributed by atoms with Gasteiger partial charge in [-0.3, -0.25) is 9.88 Å². The summed E-state index contributed by atoms with van der Waals surface area (Å²) in [7, 11) is 0. The minimum Gasteiger partial charge on any atom is -0.507 e. The normalized spacial score (nSPS) is 15.7. The summed E-state index contributed by atoms with van der Waals surface area (Å²) in [5, 5.41) is 13.7. The molecule has 0 aliphatic carbocycles. The van der Waals surface area contributed by atoms with Crippen molar-refractivity contribution in [3.8, 4) is 5.75 Å². The molecule has 1 atom stereocenters. The van der Waals surface area contributed by atoms with Gasteiger partial charge in [0, 0.05) is 47.2 Å². The van der Waals surface area contributed by atoms with Crippen molar-refractivity contribution >= 4 is 27.7 Å². The lowest BCUT2D eigenvalue weighted by atomic mass is 9.89. The van der Waals surface area contributed by atoms with Crippen LogP contribution >= 0.6 is 0 Å². The van der Waals surface area contributed by atoms with E-state index >= 15 is 0 Å². The van der Waals surface area contributed by atoms with E-state index in [1.807, 2.05) is 36.4 Å². The minimum atomic E-state index is -0.458. The molecule has 33 heavy (non-hydrogen) atoms. The molecule has 1 saturated heterocycles. The molecule has 1 aliphatic rings. The molecule has 7 heteroatoms. The summed E-state index contributed by atoms with van der Waals surface area (Å²) in [6.07, 6.45) is 3.48. The summed E-state index contributed by atoms with van der Waals surface area (Å²) in [5.41, 5.74) is 2.53. The third-order valence-electron chi connectivity index (χ3n) is 6.22. The number of hydrogen-bond acceptors (Lipinski definition) is 7. The van der Waals surface area contributed by atoms with E-state index in [0.29, 0.717) is 59.5 Å². The molecule has 0 radical (unpaired) electrons. The molecule has 1 N–H and O–H groups in total. The van der Waals surface area contributed by atoms with Crippen LogP contribution in [0.5, 0.6) is 5.75 Å². The Balaban J connectivity index is 1.89. The van der Waals surface area contributed by atoms with Gasteiger partial charge in [0.2, 0.25) is 0 Å². The average Bonchev–Trinajstić information content (AvgIpc) is 3.20. The number of esters is 1. The van der Waals surface area contributed by atoms with Crippen LogP contribution in [0.4, 0.5) is 0 Å². The molecular formula is C26H26N2O5. The van der Waals surface area contributed by atoms with Gasteiger partial charge in [0.25, 0.3) is 0 Å². The predicted octanol–water partition coefficient (Wildman–Crippen LogP) is 4.59. The quantitative estimate of drug-likeness (QED) is 0.449. The molecule has 4 aromatic rings. The number of aromatic hydroxyl groups is 1. The van der Waals surface area contributed by atoms with Crippen LogP contribution in [-0.2, 0) is 9.47 Å². The standard InChI is InChI=1S/C26H26N2O5/c1-3-32-26(30)20-16(2)33-25-19-7-5-4-6-18(19)24(29)22(21(20)25)23(17-8-10-27-11-9-17)28-12-14-31-15-13-28/h4-11,23,29H,3,12-15H2,1-2H3/t23-/m0/s1. The van der Waals surface area contributed by atoms with Crippen LogP contribution in [0.25, 0.3) is 21.7 Å². The first-order valence-corrected chi connectivity index (χ1v) is 11.2. The highest BCUT2D eigenvalue weighted by atomic mass is 16.5. The number of aryl methyl sites for hydroxylation is 1. The molecule has 0 saturated carbocycles. The van der Waals surface area contributed by atoms with E-state index < -0.39 is 5.97 Å². The highest BCUT2D eigenvalue weighted by molar-refractivity contribution is 6.16. The molecule has 170 valence electrons. The topological polar surface area (TPSA) is 85.0 Å². The van der Waals surface area contributed by atoms with Crippen molar-refractivity contribution in [2.24, 2.45) is 0 Å². The van der Waals surface area contributed by atoms with Crippen LogP contribution in [0, 0.1) is 6.92 Å². The molecule has 2 aromatic carbocycles. The monoisotopic (exact) mass is 446 g/mol. The van der Waals surface area contributed by atoms with E-state index in [0.717, 1.165) is 10.9 Å². The molecule has 2 aromatic heterocycles. The lowest BCUT2D eigenvalue weighted by molar-refractivity contribution is 0.0238. The molecule has 0 spiro atoms. The van der Waals surface area contributed by atoms with E-state index in [2.05, 4.69) is 9.88 Å². The molecule has 5 rings (SSSR count). The van der Waals surface area contributed by atoms with Gasteiger partial charge in [0.05, 0.1) is 25.9 Å². The fraction of sp³-hybridized carbons (Fsp3) is 0.308. The average molecular weight is 447 g/mol. The Kier molecular flexibility index (Phi) is 5.74. The van der Waals surface area contributed by atoms with E-state index in [-0.39, 0.29) is 18.4 Å². The van der Waals surface area contributed by atoms with Crippen molar-refractivity contribution in [1.29, 1.82) is 0 Å². The number of aromatic nitrogens is 1. The number of pyridine rings is 1. The van der Waals surface area contributed by atoms with E-state index in [4.69, 9.17) is 13.9 Å². The third-order valence-corrected chi connectivity index (χ3v) is 6.22. The largest absolute Gasteiger partial charge is 0.507 e. The van der Waals surface area contributed by atoms with Crippen molar-refractivity contribution in [3.05, 3.63) is 71.2 Å². The van der Waals surface area contributed by atoms with Gasteiger partial charge in [0.15, 0.2) is 0 Å². The number of hydrogen-bond donors (Lipinski definition) is 1. The number of nitrogens with zero attached hydrogens (tertiary/aromatic N) is 2. The second-order valence-corrected chi connectivity index (χ2v) is 8.10. The summed E-state index contributed by atoms with van der Waals surface area (Å²) < 4.78 is 17.2. The Morgan fingerprint density at radius 1 is 1.15 bits per heavy atom. The van der Waals surface area contributed by atoms with Crippen molar-refractivity contribution in [2.45, 2.75) is 19.9 Å². The van der Waals surface area contributed by atoms with Gasteiger partial charge in [-0.15, -0.1) is 0 Å². The molecule has 3 heterocycles. The number of morpholine rings is 1. The lowest BCUT2D eigenvalue weighted by Crippen LogP contribution is -2.39. The fourth-order valence-corrected chi connectivity index (χ4v) is 4.80. The van der Waals surface area contributed by atoms with Crippen LogP contribution in [0.2, 0.25) is 0 Å². The SMILES string of the molecule is CCOC(=O)c1c(C)oc2c1c([C@H](c1ccncc1)N1CCOCC1)c(O)c1ccccc12. The Morgan fingerprint density at radius 3 is 2.55 bits per heavy atom. The van der Waals surface area contributed by atoms with Crippen molar-refractivity contribution in [3.63, 3.8) is 0 Å². The summed E-state index contributed by atoms with van der Waals surface area (Å²) in [6, 6.07) is 11.1. The van der Waals surface area contributed by atoms with Gasteiger partial charge in [-0.2, -0.15) is 0 Å². The van der Waals surface area contributed by atoms with Gasteiger partial charge in [-0.25, -0.2) is 4.79 Å². The first-order chi connectivity index (χ1) is 16.1. The van der Waals surface area contributed by atoms with Gasteiger partial charge in [-0.05, 0) is 31.5 Å². The van der Waals surface area contributed by atoms with Gasteiger partial charge >= 0.3 is 5.97 Å². The molecule has 0 amide bonds. The maximum atomic E-state index is 13.1. The summed E-state index contributed by atoms with van der Waals surface area (Å²) in [4.78, 5) is 19.5. The zero-order valence-electron chi connectivity index (χ0n) is 18.7. The van der Waals surface area contributed by atoms with Crippen molar-refractivity contribution < 1.29 is 23.8 Å². The zero-order chi connectivity index (χ0) is 22.9. The highest BCUT2D eigenvalue weighted by Gasteiger charge is 2.34. The fourth-order valence-electron chi connectivity index (χ4n) is 4.80. The number of phenols is 1. The summed E-state index contributed by atoms with van der Waals surface area (Å²) in [5.74, 6) is 0.147. The molecule has 1 fully saturated rings. The second kappa shape index (κ2) is 8.84. The zero-order valence-corrected chi connectivity index (χ0v) is 18.7. The molecule has 7 nitrogen and oxygen atoms in total. The Labute approximate surface area is 191 Å². The molecule has 0 bridgehead atoms. The smallest absolute Gasteiger partial charge is 0.342 e. The van der Waals surface area contributed by atoms with E-state index in [1.165, 1.54) is 0 Å². The van der Waals surface area contributed by atoms with Crippen LogP contribution in [0.1, 0.15) is 40.2 Å². The predicted molar refractivity (Wildman–Crippen MR) is 125 cm³/mol. The Bertz CT molecular complexity index is 1310. The number of ether oxygens (including phenoxy) is 2. The van der Waals surface area contributed by atoms with Gasteiger partial charge in [0.1, 0.15) is 22.7 Å². The van der Waals surface area contributed by atoms with Crippen LogP contribution in [-0.4, -0.2) is 53.9 Å². The number of fused-ring (bicyclic) bond motifs is 3. The molecule has 1 aliphatic heterocycles. The van der Waals surface area contributed by atoms with Crippen molar-refractivity contribution in [1.82, 2.24) is 9.88 Å². The first kappa shape index (κ1) is 21.4. The van der Waals surface area contributed by atoms with Crippen molar-refractivity contribution in [2.75, 3.05) is 32.9 Å². The van der Waals surface area contributed by atoms with Crippen LogP contribution in [0.15, 0.2) is 53.2 Å². The van der Waals surface area contributed by atoms with E-state index in [9.17, 15) is 9.90 Å². The number of carbonyl (C=O) groups excluding carboxylic acids is 1. The molecule has 0 unspecified atom stereocenters. The number of carbonyl (C=O) groups is 1. The Hall–Kier alpha value is -3.42. The summed E-state index contributed by atoms with van der Waals surface area (Å²) >= 11 is 0. The maximum Gasteiger partial charge on any atom is 0.342 e. The second-order valence-electron chi connectivity index (χ2n) is 8.10. The lowest BCUT2D eigenvalue weighted by Gasteiger charge is -2.36.